The Morgan fingerprint density at radius 2 is 1.83 bits per heavy atom. The molecule has 1 fully saturated rings. The molecule has 2 aromatic rings. The summed E-state index contributed by atoms with van der Waals surface area (Å²) in [6.07, 6.45) is 1.80. The number of fused-ring (bicyclic) bond motifs is 1. The second-order valence-corrected chi connectivity index (χ2v) is 8.73. The van der Waals surface area contributed by atoms with Gasteiger partial charge in [0.2, 0.25) is 0 Å². The zero-order chi connectivity index (χ0) is 16.6. The molecule has 6 nitrogen and oxygen atoms in total. The van der Waals surface area contributed by atoms with Gasteiger partial charge in [-0.05, 0) is 24.3 Å². The number of piperazine rings is 1. The van der Waals surface area contributed by atoms with Crippen molar-refractivity contribution in [1.29, 1.82) is 0 Å². The second kappa shape index (κ2) is 6.35. The third-order valence-corrected chi connectivity index (χ3v) is 6.48. The van der Waals surface area contributed by atoms with Gasteiger partial charge in [0.1, 0.15) is 0 Å². The second-order valence-electron chi connectivity index (χ2n) is 5.67. The highest BCUT2D eigenvalue weighted by Crippen LogP contribution is 2.29. The van der Waals surface area contributed by atoms with Crippen LogP contribution in [0.15, 0.2) is 34.9 Å². The molecule has 23 heavy (non-hydrogen) atoms. The molecular formula is C15H19BrN4O2S. The van der Waals surface area contributed by atoms with Crippen molar-refractivity contribution < 1.29 is 8.42 Å². The van der Waals surface area contributed by atoms with Crippen molar-refractivity contribution in [3.05, 3.63) is 34.9 Å². The lowest BCUT2D eigenvalue weighted by Gasteiger charge is -2.36. The Bertz CT molecular complexity index is 817. The summed E-state index contributed by atoms with van der Waals surface area (Å²) in [7, 11) is -0.204. The molecule has 3 rings (SSSR count). The summed E-state index contributed by atoms with van der Waals surface area (Å²) in [5.74, 6) is 0. The molecule has 0 bridgehead atoms. The molecule has 0 atom stereocenters. The van der Waals surface area contributed by atoms with Crippen molar-refractivity contribution in [2.45, 2.75) is 0 Å². The van der Waals surface area contributed by atoms with E-state index in [-0.39, 0.29) is 0 Å². The molecule has 1 saturated heterocycles. The Hall–Kier alpha value is -1.22. The van der Waals surface area contributed by atoms with E-state index in [0.29, 0.717) is 26.2 Å². The molecule has 0 spiro atoms. The maximum atomic E-state index is 12.2. The van der Waals surface area contributed by atoms with Crippen molar-refractivity contribution in [2.75, 3.05) is 45.2 Å². The fourth-order valence-electron chi connectivity index (χ4n) is 2.77. The summed E-state index contributed by atoms with van der Waals surface area (Å²) in [6.45, 7) is 2.30. The summed E-state index contributed by atoms with van der Waals surface area (Å²) in [6, 6.07) is 8.00. The minimum absolute atomic E-state index is 0.484. The first-order valence-corrected chi connectivity index (χ1v) is 9.55. The molecular weight excluding hydrogens is 380 g/mol. The molecule has 0 amide bonds. The molecule has 1 aromatic carbocycles. The van der Waals surface area contributed by atoms with E-state index in [2.05, 4.69) is 31.9 Å². The van der Waals surface area contributed by atoms with Crippen molar-refractivity contribution in [3.63, 3.8) is 0 Å². The first-order chi connectivity index (χ1) is 10.9. The van der Waals surface area contributed by atoms with E-state index in [4.69, 9.17) is 0 Å². The van der Waals surface area contributed by atoms with Crippen LogP contribution in [-0.4, -0.2) is 62.3 Å². The van der Waals surface area contributed by atoms with Crippen LogP contribution in [0.5, 0.6) is 0 Å². The lowest BCUT2D eigenvalue weighted by molar-refractivity contribution is 0.356. The third-order valence-electron chi connectivity index (χ3n) is 4.05. The largest absolute Gasteiger partial charge is 0.368 e. The number of hydrogen-bond donors (Lipinski definition) is 0. The number of nitrogens with zero attached hydrogens (tertiary/aromatic N) is 4. The predicted molar refractivity (Wildman–Crippen MR) is 95.8 cm³/mol. The van der Waals surface area contributed by atoms with E-state index in [9.17, 15) is 8.42 Å². The topological polar surface area (TPSA) is 56.8 Å². The molecule has 1 aliphatic heterocycles. The molecule has 1 aliphatic rings. The number of aromatic nitrogens is 1. The number of rotatable bonds is 3. The van der Waals surface area contributed by atoms with E-state index in [0.717, 1.165) is 21.1 Å². The lowest BCUT2D eigenvalue weighted by Crippen LogP contribution is -2.51. The van der Waals surface area contributed by atoms with E-state index in [1.54, 1.807) is 20.3 Å². The van der Waals surface area contributed by atoms with E-state index >= 15 is 0 Å². The summed E-state index contributed by atoms with van der Waals surface area (Å²) < 4.78 is 28.2. The van der Waals surface area contributed by atoms with Crippen LogP contribution < -0.4 is 4.90 Å². The van der Waals surface area contributed by atoms with E-state index in [1.807, 2.05) is 18.2 Å². The molecule has 8 heteroatoms. The van der Waals surface area contributed by atoms with Gasteiger partial charge < -0.3 is 4.90 Å². The van der Waals surface area contributed by atoms with Crippen molar-refractivity contribution in [1.82, 2.24) is 13.6 Å². The van der Waals surface area contributed by atoms with Gasteiger partial charge in [0.15, 0.2) is 0 Å². The summed E-state index contributed by atoms with van der Waals surface area (Å²) in [5, 5.41) is 1.07. The average molecular weight is 399 g/mol. The monoisotopic (exact) mass is 398 g/mol. The van der Waals surface area contributed by atoms with Gasteiger partial charge in [-0.3, -0.25) is 4.98 Å². The highest BCUT2D eigenvalue weighted by atomic mass is 79.9. The predicted octanol–water partition coefficient (Wildman–Crippen LogP) is 1.93. The third kappa shape index (κ3) is 3.21. The molecule has 0 aliphatic carbocycles. The molecule has 2 heterocycles. The zero-order valence-corrected chi connectivity index (χ0v) is 15.5. The quantitative estimate of drug-likeness (QED) is 0.792. The summed E-state index contributed by atoms with van der Waals surface area (Å²) in [5.41, 5.74) is 2.03. The van der Waals surface area contributed by atoms with Gasteiger partial charge in [-0.15, -0.1) is 0 Å². The van der Waals surface area contributed by atoms with Crippen LogP contribution in [0, 0.1) is 0 Å². The zero-order valence-electron chi connectivity index (χ0n) is 13.1. The Morgan fingerprint density at radius 3 is 2.48 bits per heavy atom. The average Bonchev–Trinajstić information content (AvgIpc) is 2.54. The van der Waals surface area contributed by atoms with E-state index in [1.165, 1.54) is 8.61 Å². The van der Waals surface area contributed by atoms with Crippen LogP contribution in [0.3, 0.4) is 0 Å². The van der Waals surface area contributed by atoms with Crippen molar-refractivity contribution >= 4 is 42.7 Å². The Labute approximate surface area is 145 Å². The SMILES string of the molecule is CN(C)S(=O)(=O)N1CCN(c2ccnc3ccc(Br)cc23)CC1. The van der Waals surface area contributed by atoms with Crippen LogP contribution in [0.25, 0.3) is 10.9 Å². The Morgan fingerprint density at radius 1 is 1.13 bits per heavy atom. The van der Waals surface area contributed by atoms with Gasteiger partial charge in [0, 0.05) is 62.0 Å². The van der Waals surface area contributed by atoms with Crippen LogP contribution in [-0.2, 0) is 10.2 Å². The first kappa shape index (κ1) is 16.6. The van der Waals surface area contributed by atoms with Crippen LogP contribution in [0.1, 0.15) is 0 Å². The number of anilines is 1. The van der Waals surface area contributed by atoms with Gasteiger partial charge in [-0.2, -0.15) is 17.0 Å². The Kier molecular flexibility index (Phi) is 4.59. The molecule has 124 valence electrons. The van der Waals surface area contributed by atoms with Gasteiger partial charge in [0.05, 0.1) is 5.52 Å². The number of benzene rings is 1. The molecule has 1 aromatic heterocycles. The highest BCUT2D eigenvalue weighted by molar-refractivity contribution is 9.10. The molecule has 0 radical (unpaired) electrons. The smallest absolute Gasteiger partial charge is 0.281 e. The highest BCUT2D eigenvalue weighted by Gasteiger charge is 2.29. The van der Waals surface area contributed by atoms with Crippen LogP contribution >= 0.6 is 15.9 Å². The molecule has 0 saturated carbocycles. The van der Waals surface area contributed by atoms with Gasteiger partial charge in [-0.1, -0.05) is 15.9 Å². The summed E-state index contributed by atoms with van der Waals surface area (Å²) in [4.78, 5) is 6.62. The van der Waals surface area contributed by atoms with E-state index < -0.39 is 10.2 Å². The first-order valence-electron chi connectivity index (χ1n) is 7.36. The maximum absolute atomic E-state index is 12.2. The standard InChI is InChI=1S/C15H19BrN4O2S/c1-18(2)23(21,22)20-9-7-19(8-10-20)15-5-6-17-14-4-3-12(16)11-13(14)15/h3-6,11H,7-10H2,1-2H3. The van der Waals surface area contributed by atoms with Gasteiger partial charge in [0.25, 0.3) is 10.2 Å². The normalized spacial score (nSPS) is 17.1. The summed E-state index contributed by atoms with van der Waals surface area (Å²) >= 11 is 3.50. The minimum atomic E-state index is -3.33. The number of hydrogen-bond acceptors (Lipinski definition) is 4. The van der Waals surface area contributed by atoms with Crippen molar-refractivity contribution in [3.8, 4) is 0 Å². The minimum Gasteiger partial charge on any atom is -0.368 e. The van der Waals surface area contributed by atoms with Gasteiger partial charge >= 0.3 is 0 Å². The molecule has 0 unspecified atom stereocenters. The maximum Gasteiger partial charge on any atom is 0.281 e. The van der Waals surface area contributed by atoms with Crippen molar-refractivity contribution in [2.24, 2.45) is 0 Å². The number of halogens is 1. The van der Waals surface area contributed by atoms with Crippen LogP contribution in [0.4, 0.5) is 5.69 Å². The number of pyridine rings is 1. The fourth-order valence-corrected chi connectivity index (χ4v) is 4.22. The van der Waals surface area contributed by atoms with Crippen LogP contribution in [0.2, 0.25) is 0 Å². The molecule has 0 N–H and O–H groups in total. The fraction of sp³-hybridized carbons (Fsp3) is 0.400. The Balaban J connectivity index is 1.85. The lowest BCUT2D eigenvalue weighted by atomic mass is 10.1. The van der Waals surface area contributed by atoms with Gasteiger partial charge in [-0.25, -0.2) is 0 Å².